The Morgan fingerprint density at radius 1 is 1.21 bits per heavy atom. The molecule has 3 nitrogen and oxygen atoms in total. The minimum atomic E-state index is -0.554. The number of hydrogen-bond acceptors (Lipinski definition) is 2. The lowest BCUT2D eigenvalue weighted by Crippen LogP contribution is -2.33. The average molecular weight is 317 g/mol. The Morgan fingerprint density at radius 2 is 1.89 bits per heavy atom. The van der Waals surface area contributed by atoms with E-state index >= 15 is 0 Å². The Kier molecular flexibility index (Phi) is 2.71. The van der Waals surface area contributed by atoms with Gasteiger partial charge < -0.3 is 0 Å². The van der Waals surface area contributed by atoms with Crippen molar-refractivity contribution in [3.8, 4) is 0 Å². The van der Waals surface area contributed by atoms with Crippen LogP contribution in [-0.2, 0) is 10.2 Å². The number of nitrogens with zero attached hydrogens (tertiary/aromatic N) is 2. The molecule has 0 radical (unpaired) electrons. The summed E-state index contributed by atoms with van der Waals surface area (Å²) in [6.45, 7) is 3.87. The molecule has 0 aliphatic carbocycles. The maximum atomic E-state index is 12.7. The van der Waals surface area contributed by atoms with Gasteiger partial charge in [-0.2, -0.15) is 0 Å². The first-order valence-corrected chi connectivity index (χ1v) is 6.87. The molecular formula is C15H13BrN2O. The van der Waals surface area contributed by atoms with E-state index in [9.17, 15) is 4.79 Å². The number of hydrogen-bond donors (Lipinski definition) is 0. The molecule has 2 heterocycles. The summed E-state index contributed by atoms with van der Waals surface area (Å²) in [4.78, 5) is 18.8. The van der Waals surface area contributed by atoms with Crippen LogP contribution in [0.25, 0.3) is 0 Å². The fourth-order valence-electron chi connectivity index (χ4n) is 2.38. The topological polar surface area (TPSA) is 33.2 Å². The van der Waals surface area contributed by atoms with Gasteiger partial charge in [-0.3, -0.25) is 9.69 Å². The SMILES string of the molecule is CC1(C)C(=O)N(c2ccccc2)c2ncc(Br)cc21. The maximum Gasteiger partial charge on any atom is 0.242 e. The minimum Gasteiger partial charge on any atom is -0.273 e. The van der Waals surface area contributed by atoms with Crippen LogP contribution in [0.4, 0.5) is 11.5 Å². The van der Waals surface area contributed by atoms with E-state index in [0.717, 1.165) is 21.5 Å². The Balaban J connectivity index is 2.22. The standard InChI is InChI=1S/C15H13BrN2O/c1-15(2)12-8-10(16)9-17-13(12)18(14(15)19)11-6-4-3-5-7-11/h3-9H,1-2H3. The zero-order valence-electron chi connectivity index (χ0n) is 10.7. The third-order valence-corrected chi connectivity index (χ3v) is 3.90. The largest absolute Gasteiger partial charge is 0.273 e. The zero-order valence-corrected chi connectivity index (χ0v) is 12.3. The fourth-order valence-corrected chi connectivity index (χ4v) is 2.71. The third-order valence-electron chi connectivity index (χ3n) is 3.47. The second-order valence-corrected chi connectivity index (χ2v) is 6.04. The van der Waals surface area contributed by atoms with Crippen LogP contribution in [0.1, 0.15) is 19.4 Å². The number of para-hydroxylation sites is 1. The quantitative estimate of drug-likeness (QED) is 0.801. The van der Waals surface area contributed by atoms with Crippen molar-refractivity contribution in [2.24, 2.45) is 0 Å². The highest BCUT2D eigenvalue weighted by molar-refractivity contribution is 9.10. The van der Waals surface area contributed by atoms with Crippen molar-refractivity contribution in [2.75, 3.05) is 4.90 Å². The van der Waals surface area contributed by atoms with Gasteiger partial charge >= 0.3 is 0 Å². The lowest BCUT2D eigenvalue weighted by Gasteiger charge is -2.19. The lowest BCUT2D eigenvalue weighted by molar-refractivity contribution is -0.121. The van der Waals surface area contributed by atoms with Crippen LogP contribution >= 0.6 is 15.9 Å². The summed E-state index contributed by atoms with van der Waals surface area (Å²) < 4.78 is 0.891. The Labute approximate surface area is 120 Å². The number of fused-ring (bicyclic) bond motifs is 1. The second kappa shape index (κ2) is 4.17. The third kappa shape index (κ3) is 1.78. The van der Waals surface area contributed by atoms with E-state index in [1.54, 1.807) is 11.1 Å². The lowest BCUT2D eigenvalue weighted by atomic mass is 9.87. The molecule has 0 fully saturated rings. The molecule has 0 bridgehead atoms. The number of halogens is 1. The van der Waals surface area contributed by atoms with Gasteiger partial charge in [-0.1, -0.05) is 18.2 Å². The van der Waals surface area contributed by atoms with Crippen molar-refractivity contribution >= 4 is 33.3 Å². The highest BCUT2D eigenvalue weighted by atomic mass is 79.9. The number of aromatic nitrogens is 1. The number of anilines is 2. The van der Waals surface area contributed by atoms with Crippen LogP contribution in [0.5, 0.6) is 0 Å². The van der Waals surface area contributed by atoms with E-state index in [2.05, 4.69) is 20.9 Å². The van der Waals surface area contributed by atoms with Crippen LogP contribution in [0, 0.1) is 0 Å². The number of benzene rings is 1. The number of amides is 1. The van der Waals surface area contributed by atoms with Crippen LogP contribution in [0.15, 0.2) is 47.1 Å². The molecule has 19 heavy (non-hydrogen) atoms. The molecule has 1 amide bonds. The van der Waals surface area contributed by atoms with E-state index in [0.29, 0.717) is 0 Å². The molecule has 0 atom stereocenters. The second-order valence-electron chi connectivity index (χ2n) is 5.13. The van der Waals surface area contributed by atoms with E-state index in [4.69, 9.17) is 0 Å². The molecule has 1 aromatic heterocycles. The summed E-state index contributed by atoms with van der Waals surface area (Å²) in [6.07, 6.45) is 1.73. The van der Waals surface area contributed by atoms with Crippen LogP contribution < -0.4 is 4.90 Å². The number of rotatable bonds is 1. The van der Waals surface area contributed by atoms with Crippen molar-refractivity contribution in [1.82, 2.24) is 4.98 Å². The summed E-state index contributed by atoms with van der Waals surface area (Å²) in [5.41, 5.74) is 1.26. The van der Waals surface area contributed by atoms with Crippen molar-refractivity contribution < 1.29 is 4.79 Å². The first-order valence-electron chi connectivity index (χ1n) is 6.07. The van der Waals surface area contributed by atoms with Gasteiger partial charge in [0.25, 0.3) is 0 Å². The average Bonchev–Trinajstić information content (AvgIpc) is 2.59. The normalized spacial score (nSPS) is 16.6. The fraction of sp³-hybridized carbons (Fsp3) is 0.200. The smallest absolute Gasteiger partial charge is 0.242 e. The zero-order chi connectivity index (χ0) is 13.6. The van der Waals surface area contributed by atoms with Gasteiger partial charge in [-0.05, 0) is 48.0 Å². The first kappa shape index (κ1) is 12.4. The molecule has 0 unspecified atom stereocenters. The van der Waals surface area contributed by atoms with Gasteiger partial charge in [0.1, 0.15) is 5.82 Å². The van der Waals surface area contributed by atoms with Crippen LogP contribution in [0.2, 0.25) is 0 Å². The molecule has 0 saturated carbocycles. The van der Waals surface area contributed by atoms with E-state index < -0.39 is 5.41 Å². The van der Waals surface area contributed by atoms with E-state index in [-0.39, 0.29) is 5.91 Å². The maximum absolute atomic E-state index is 12.7. The summed E-state index contributed by atoms with van der Waals surface area (Å²) in [5, 5.41) is 0. The minimum absolute atomic E-state index is 0.0549. The van der Waals surface area contributed by atoms with Crippen LogP contribution in [0.3, 0.4) is 0 Å². The number of carbonyl (C=O) groups is 1. The van der Waals surface area contributed by atoms with E-state index in [1.165, 1.54) is 0 Å². The molecule has 0 N–H and O–H groups in total. The molecule has 4 heteroatoms. The summed E-state index contributed by atoms with van der Waals surface area (Å²) in [6, 6.07) is 11.6. The molecule has 1 aromatic carbocycles. The van der Waals surface area contributed by atoms with Gasteiger partial charge in [0.2, 0.25) is 5.91 Å². The van der Waals surface area contributed by atoms with Crippen molar-refractivity contribution in [2.45, 2.75) is 19.3 Å². The van der Waals surface area contributed by atoms with Crippen molar-refractivity contribution in [1.29, 1.82) is 0 Å². The molecule has 0 spiro atoms. The molecule has 2 aromatic rings. The Morgan fingerprint density at radius 3 is 2.58 bits per heavy atom. The highest BCUT2D eigenvalue weighted by Gasteiger charge is 2.45. The molecule has 96 valence electrons. The van der Waals surface area contributed by atoms with Crippen LogP contribution in [-0.4, -0.2) is 10.9 Å². The summed E-state index contributed by atoms with van der Waals surface area (Å²) >= 11 is 3.42. The Hall–Kier alpha value is -1.68. The highest BCUT2D eigenvalue weighted by Crippen LogP contribution is 2.44. The van der Waals surface area contributed by atoms with Gasteiger partial charge in [0, 0.05) is 16.2 Å². The van der Waals surface area contributed by atoms with E-state index in [1.807, 2.05) is 50.2 Å². The van der Waals surface area contributed by atoms with Crippen molar-refractivity contribution in [3.05, 3.63) is 52.6 Å². The molecule has 0 saturated heterocycles. The predicted octanol–water partition coefficient (Wildman–Crippen LogP) is 3.80. The van der Waals surface area contributed by atoms with Gasteiger partial charge in [0.05, 0.1) is 11.1 Å². The van der Waals surface area contributed by atoms with Gasteiger partial charge in [-0.25, -0.2) is 4.98 Å². The van der Waals surface area contributed by atoms with Gasteiger partial charge in [0.15, 0.2) is 0 Å². The summed E-state index contributed by atoms with van der Waals surface area (Å²) in [5.74, 6) is 0.781. The molecule has 1 aliphatic heterocycles. The molecular weight excluding hydrogens is 304 g/mol. The monoisotopic (exact) mass is 316 g/mol. The van der Waals surface area contributed by atoms with Gasteiger partial charge in [-0.15, -0.1) is 0 Å². The Bertz CT molecular complexity index is 652. The predicted molar refractivity (Wildman–Crippen MR) is 78.6 cm³/mol. The summed E-state index contributed by atoms with van der Waals surface area (Å²) in [7, 11) is 0. The van der Waals surface area contributed by atoms with Crippen molar-refractivity contribution in [3.63, 3.8) is 0 Å². The molecule has 3 rings (SSSR count). The first-order chi connectivity index (χ1) is 9.01. The number of carbonyl (C=O) groups excluding carboxylic acids is 1. The number of pyridine rings is 1. The molecule has 1 aliphatic rings.